The highest BCUT2D eigenvalue weighted by atomic mass is 16.5. The van der Waals surface area contributed by atoms with E-state index in [-0.39, 0.29) is 12.1 Å². The third-order valence-corrected chi connectivity index (χ3v) is 2.03. The van der Waals surface area contributed by atoms with Gasteiger partial charge in [0.2, 0.25) is 0 Å². The fraction of sp³-hybridized carbons (Fsp3) is 0.438. The van der Waals surface area contributed by atoms with Gasteiger partial charge in [-0.1, -0.05) is 24.8 Å². The van der Waals surface area contributed by atoms with Crippen LogP contribution < -0.4 is 0 Å². The first kappa shape index (κ1) is 15.9. The van der Waals surface area contributed by atoms with Gasteiger partial charge in [0, 0.05) is 6.92 Å². The smallest absolute Gasteiger partial charge is 0.302 e. The average molecular weight is 242 g/mol. The van der Waals surface area contributed by atoms with Crippen molar-refractivity contribution in [1.29, 1.82) is 0 Å². The topological polar surface area (TPSA) is 26.3 Å². The van der Waals surface area contributed by atoms with Gasteiger partial charge in [0.1, 0.15) is 6.10 Å². The first-order chi connectivity index (χ1) is 8.70. The van der Waals surface area contributed by atoms with Gasteiger partial charge in [-0.3, -0.25) is 4.79 Å². The monoisotopic (exact) mass is 242 g/mol. The first-order valence-electron chi connectivity index (χ1n) is 5.95. The fourth-order valence-corrected chi connectivity index (χ4v) is 1.21. The van der Waals surface area contributed by atoms with E-state index in [9.17, 15) is 4.79 Å². The molecule has 0 aliphatic rings. The molecule has 1 unspecified atom stereocenters. The van der Waals surface area contributed by atoms with Gasteiger partial charge in [-0.05, 0) is 55.9 Å². The van der Waals surface area contributed by atoms with Crippen LogP contribution in [-0.2, 0) is 9.53 Å². The number of hydrogen-bond donors (Lipinski definition) is 0. The molecule has 0 aromatic rings. The van der Waals surface area contributed by atoms with Gasteiger partial charge in [-0.25, -0.2) is 0 Å². The molecule has 2 heteroatoms. The highest BCUT2D eigenvalue weighted by Gasteiger charge is 2.07. The van der Waals surface area contributed by atoms with Gasteiger partial charge in [0.15, 0.2) is 0 Å². The second kappa shape index (κ2) is 11.4. The Bertz CT molecular complexity index is 453. The Morgan fingerprint density at radius 2 is 2.00 bits per heavy atom. The van der Waals surface area contributed by atoms with E-state index in [0.29, 0.717) is 0 Å². The Balaban J connectivity index is 3.91. The lowest BCUT2D eigenvalue weighted by molar-refractivity contribution is -0.146. The third kappa shape index (κ3) is 10.4. The van der Waals surface area contributed by atoms with Crippen LogP contribution in [0.1, 0.15) is 40.0 Å². The minimum atomic E-state index is -0.224. The zero-order valence-electron chi connectivity index (χ0n) is 11.2. The molecular weight excluding hydrogens is 224 g/mol. The molecule has 0 aromatic carbocycles. The van der Waals surface area contributed by atoms with Crippen LogP contribution >= 0.6 is 0 Å². The quantitative estimate of drug-likeness (QED) is 0.547. The molecule has 0 rings (SSSR count). The summed E-state index contributed by atoms with van der Waals surface area (Å²) in [7, 11) is 0. The molecule has 0 aliphatic heterocycles. The van der Waals surface area contributed by atoms with Crippen molar-refractivity contribution in [1.82, 2.24) is 0 Å². The van der Waals surface area contributed by atoms with Crippen molar-refractivity contribution < 1.29 is 9.53 Å². The lowest BCUT2D eigenvalue weighted by Crippen LogP contribution is -2.14. The van der Waals surface area contributed by atoms with E-state index in [1.807, 2.05) is 13.0 Å². The Kier molecular flexibility index (Phi) is 10.0. The van der Waals surface area contributed by atoms with Gasteiger partial charge in [0.05, 0.1) is 0 Å². The molecule has 0 aromatic heterocycles. The van der Waals surface area contributed by atoms with E-state index in [2.05, 4.69) is 35.5 Å². The molecule has 0 aliphatic carbocycles. The van der Waals surface area contributed by atoms with E-state index in [0.717, 1.165) is 19.3 Å². The lowest BCUT2D eigenvalue weighted by atomic mass is 10.1. The maximum atomic E-state index is 10.8. The van der Waals surface area contributed by atoms with Crippen molar-refractivity contribution in [2.45, 2.75) is 46.1 Å². The van der Waals surface area contributed by atoms with Crippen LogP contribution in [0, 0.1) is 35.5 Å². The fourth-order valence-electron chi connectivity index (χ4n) is 1.21. The summed E-state index contributed by atoms with van der Waals surface area (Å²) in [6.07, 6.45) is 6.20. The highest BCUT2D eigenvalue weighted by Crippen LogP contribution is 2.07. The molecule has 0 bridgehead atoms. The number of carbonyl (C=O) groups is 1. The summed E-state index contributed by atoms with van der Waals surface area (Å²) in [5.74, 6) is 15.7. The number of allylic oxidation sites excluding steroid dienone is 2. The second-order valence-electron chi connectivity index (χ2n) is 3.51. The number of rotatable bonds is 5. The zero-order chi connectivity index (χ0) is 13.6. The molecule has 1 atom stereocenters. The van der Waals surface area contributed by atoms with Crippen LogP contribution in [-0.4, -0.2) is 12.1 Å². The van der Waals surface area contributed by atoms with Crippen molar-refractivity contribution in [3.05, 3.63) is 12.2 Å². The van der Waals surface area contributed by atoms with Crippen LogP contribution in [0.2, 0.25) is 0 Å². The molecule has 0 N–H and O–H groups in total. The maximum Gasteiger partial charge on any atom is 0.302 e. The molecule has 0 saturated carbocycles. The molecule has 0 saturated heterocycles. The zero-order valence-corrected chi connectivity index (χ0v) is 11.2. The normalized spacial score (nSPS) is 10.2. The van der Waals surface area contributed by atoms with E-state index in [4.69, 9.17) is 4.74 Å². The molecule has 2 nitrogen and oxygen atoms in total. The van der Waals surface area contributed by atoms with Gasteiger partial charge in [0.25, 0.3) is 0 Å². The molecular formula is C16H18O2. The van der Waals surface area contributed by atoms with E-state index < -0.39 is 0 Å². The Hall–Kier alpha value is -2.11. The van der Waals surface area contributed by atoms with Crippen molar-refractivity contribution in [3.63, 3.8) is 0 Å². The molecule has 0 fully saturated rings. The number of ether oxygens (including phenoxy) is 1. The Morgan fingerprint density at radius 3 is 2.61 bits per heavy atom. The lowest BCUT2D eigenvalue weighted by Gasteiger charge is -2.13. The Labute approximate surface area is 110 Å². The summed E-state index contributed by atoms with van der Waals surface area (Å²) in [6, 6.07) is 0. The summed E-state index contributed by atoms with van der Waals surface area (Å²) in [5.41, 5.74) is 0. The predicted molar refractivity (Wildman–Crippen MR) is 73.2 cm³/mol. The molecule has 0 radical (unpaired) electrons. The largest absolute Gasteiger partial charge is 0.463 e. The van der Waals surface area contributed by atoms with E-state index in [1.165, 1.54) is 6.92 Å². The van der Waals surface area contributed by atoms with Gasteiger partial charge in [-0.2, -0.15) is 0 Å². The minimum absolute atomic E-state index is 0.000251. The number of esters is 1. The third-order valence-electron chi connectivity index (χ3n) is 2.03. The van der Waals surface area contributed by atoms with Crippen LogP contribution in [0.25, 0.3) is 0 Å². The summed E-state index contributed by atoms with van der Waals surface area (Å²) in [5, 5.41) is 0. The van der Waals surface area contributed by atoms with Crippen molar-refractivity contribution in [3.8, 4) is 35.5 Å². The number of hydrogen-bond acceptors (Lipinski definition) is 2. The van der Waals surface area contributed by atoms with Gasteiger partial charge < -0.3 is 4.74 Å². The molecule has 18 heavy (non-hydrogen) atoms. The second-order valence-corrected chi connectivity index (χ2v) is 3.51. The summed E-state index contributed by atoms with van der Waals surface area (Å²) in [4.78, 5) is 10.8. The summed E-state index contributed by atoms with van der Waals surface area (Å²) < 4.78 is 5.13. The van der Waals surface area contributed by atoms with Crippen LogP contribution in [0.5, 0.6) is 0 Å². The van der Waals surface area contributed by atoms with Crippen LogP contribution in [0.4, 0.5) is 0 Å². The molecule has 0 spiro atoms. The Morgan fingerprint density at radius 1 is 1.28 bits per heavy atom. The summed E-state index contributed by atoms with van der Waals surface area (Å²) in [6.45, 7) is 5.17. The molecule has 0 amide bonds. The number of carbonyl (C=O) groups excluding carboxylic acids is 1. The van der Waals surface area contributed by atoms with Crippen LogP contribution in [0.15, 0.2) is 12.2 Å². The standard InChI is InChI=1S/C16H18O2/c1-4-6-7-8-9-10-11-12-13-14-16(5-2)18-15(3)17/h11-12,16H,5,13-14H2,1-3H3. The first-order valence-corrected chi connectivity index (χ1v) is 5.95. The van der Waals surface area contributed by atoms with Crippen LogP contribution in [0.3, 0.4) is 0 Å². The molecule has 0 heterocycles. The van der Waals surface area contributed by atoms with E-state index >= 15 is 0 Å². The minimum Gasteiger partial charge on any atom is -0.463 e. The van der Waals surface area contributed by atoms with Gasteiger partial charge in [-0.15, -0.1) is 0 Å². The maximum absolute atomic E-state index is 10.8. The molecule has 94 valence electrons. The van der Waals surface area contributed by atoms with Crippen molar-refractivity contribution in [2.24, 2.45) is 0 Å². The van der Waals surface area contributed by atoms with Crippen molar-refractivity contribution in [2.75, 3.05) is 0 Å². The average Bonchev–Trinajstić information content (AvgIpc) is 2.35. The summed E-state index contributed by atoms with van der Waals surface area (Å²) >= 11 is 0. The van der Waals surface area contributed by atoms with E-state index in [1.54, 1.807) is 13.0 Å². The van der Waals surface area contributed by atoms with Gasteiger partial charge >= 0.3 is 5.97 Å². The highest BCUT2D eigenvalue weighted by molar-refractivity contribution is 5.66. The van der Waals surface area contributed by atoms with Crippen molar-refractivity contribution >= 4 is 5.97 Å². The SMILES string of the molecule is CC#CC#CC#CC=CCCC(CC)OC(C)=O. The predicted octanol–water partition coefficient (Wildman–Crippen LogP) is 2.69.